The van der Waals surface area contributed by atoms with Crippen molar-refractivity contribution in [2.75, 3.05) is 28.4 Å². The van der Waals surface area contributed by atoms with E-state index in [2.05, 4.69) is 13.8 Å². The second-order valence-electron chi connectivity index (χ2n) is 10.1. The van der Waals surface area contributed by atoms with E-state index in [1.54, 1.807) is 38.0 Å². The summed E-state index contributed by atoms with van der Waals surface area (Å²) < 4.78 is 24.1. The van der Waals surface area contributed by atoms with E-state index in [0.29, 0.717) is 50.6 Å². The molecule has 2 aliphatic rings. The monoisotopic (exact) mass is 534 g/mol. The Morgan fingerprint density at radius 3 is 2.18 bits per heavy atom. The first-order chi connectivity index (χ1) is 18.2. The first kappa shape index (κ1) is 25.8. The van der Waals surface area contributed by atoms with Crippen molar-refractivity contribution in [3.05, 3.63) is 78.5 Å². The number of aromatic nitrogens is 1. The molecule has 0 bridgehead atoms. The molecule has 0 fully saturated rings. The Morgan fingerprint density at radius 2 is 1.61 bits per heavy atom. The Labute approximate surface area is 224 Å². The van der Waals surface area contributed by atoms with Gasteiger partial charge in [0.25, 0.3) is 5.56 Å². The molecule has 5 rings (SSSR count). The van der Waals surface area contributed by atoms with Crippen LogP contribution in [-0.4, -0.2) is 38.8 Å². The third kappa shape index (κ3) is 4.41. The molecular formula is C29H30N2O6S. The lowest BCUT2D eigenvalue weighted by molar-refractivity contribution is -0.118. The number of ether oxygens (including phenoxy) is 4. The van der Waals surface area contributed by atoms with Gasteiger partial charge in [0.2, 0.25) is 5.75 Å². The average molecular weight is 535 g/mol. The predicted molar refractivity (Wildman–Crippen MR) is 145 cm³/mol. The van der Waals surface area contributed by atoms with E-state index in [1.165, 1.54) is 18.4 Å². The maximum absolute atomic E-state index is 13.9. The van der Waals surface area contributed by atoms with Crippen molar-refractivity contribution in [2.24, 2.45) is 10.4 Å². The Kier molecular flexibility index (Phi) is 6.65. The fourth-order valence-corrected chi connectivity index (χ4v) is 6.20. The van der Waals surface area contributed by atoms with Crippen LogP contribution in [0.3, 0.4) is 0 Å². The van der Waals surface area contributed by atoms with Crippen LogP contribution in [0.5, 0.6) is 23.0 Å². The fraction of sp³-hybridized carbons (Fsp3) is 0.345. The van der Waals surface area contributed by atoms with E-state index >= 15 is 0 Å². The zero-order valence-corrected chi connectivity index (χ0v) is 23.1. The lowest BCUT2D eigenvalue weighted by Crippen LogP contribution is -2.42. The van der Waals surface area contributed by atoms with Gasteiger partial charge < -0.3 is 18.9 Å². The molecule has 2 heterocycles. The van der Waals surface area contributed by atoms with Crippen molar-refractivity contribution in [3.63, 3.8) is 0 Å². The van der Waals surface area contributed by atoms with Crippen molar-refractivity contribution in [2.45, 2.75) is 32.7 Å². The number of hydrogen-bond acceptors (Lipinski definition) is 8. The highest BCUT2D eigenvalue weighted by atomic mass is 32.1. The first-order valence-electron chi connectivity index (χ1n) is 12.2. The quantitative estimate of drug-likeness (QED) is 0.480. The molecule has 0 amide bonds. The van der Waals surface area contributed by atoms with Gasteiger partial charge in [-0.25, -0.2) is 4.99 Å². The first-order valence-corrected chi connectivity index (χ1v) is 13.0. The van der Waals surface area contributed by atoms with Gasteiger partial charge in [-0.15, -0.1) is 0 Å². The number of nitrogens with zero attached hydrogens (tertiary/aromatic N) is 2. The molecule has 3 aromatic rings. The molecule has 0 spiro atoms. The van der Waals surface area contributed by atoms with Crippen LogP contribution in [0, 0.1) is 5.41 Å². The van der Waals surface area contributed by atoms with Crippen molar-refractivity contribution >= 4 is 23.2 Å². The fourth-order valence-electron chi connectivity index (χ4n) is 5.18. The maximum Gasteiger partial charge on any atom is 0.271 e. The highest BCUT2D eigenvalue weighted by Gasteiger charge is 2.41. The van der Waals surface area contributed by atoms with E-state index in [-0.39, 0.29) is 16.8 Å². The highest BCUT2D eigenvalue weighted by Crippen LogP contribution is 2.46. The molecule has 1 atom stereocenters. The molecule has 1 aliphatic heterocycles. The minimum atomic E-state index is -0.670. The second-order valence-corrected chi connectivity index (χ2v) is 11.1. The topological polar surface area (TPSA) is 88.4 Å². The number of thiazole rings is 1. The number of methoxy groups -OCH3 is 4. The lowest BCUT2D eigenvalue weighted by atomic mass is 9.73. The van der Waals surface area contributed by atoms with Crippen LogP contribution in [0.2, 0.25) is 0 Å². The zero-order chi connectivity index (χ0) is 27.2. The number of carbonyl (C=O) groups excluding carboxylic acids is 1. The predicted octanol–water partition coefficient (Wildman–Crippen LogP) is 3.64. The molecule has 0 N–H and O–H groups in total. The van der Waals surface area contributed by atoms with E-state index in [4.69, 9.17) is 23.9 Å². The minimum Gasteiger partial charge on any atom is -0.497 e. The van der Waals surface area contributed by atoms with Crippen LogP contribution in [0.25, 0.3) is 6.08 Å². The van der Waals surface area contributed by atoms with E-state index in [1.807, 2.05) is 30.3 Å². The van der Waals surface area contributed by atoms with E-state index in [0.717, 1.165) is 17.0 Å². The Balaban J connectivity index is 1.77. The lowest BCUT2D eigenvalue weighted by Gasteiger charge is -2.35. The summed E-state index contributed by atoms with van der Waals surface area (Å²) in [6, 6.07) is 10.4. The number of allylic oxidation sites excluding steroid dienone is 2. The van der Waals surface area contributed by atoms with Crippen LogP contribution in [0.4, 0.5) is 0 Å². The summed E-state index contributed by atoms with van der Waals surface area (Å²) in [7, 11) is 6.23. The van der Waals surface area contributed by atoms with Crippen LogP contribution in [0.15, 0.2) is 57.5 Å². The molecule has 1 unspecified atom stereocenters. The van der Waals surface area contributed by atoms with Gasteiger partial charge in [-0.1, -0.05) is 37.3 Å². The van der Waals surface area contributed by atoms with E-state index < -0.39 is 6.04 Å². The third-order valence-electron chi connectivity index (χ3n) is 6.91. The molecule has 0 saturated heterocycles. The van der Waals surface area contributed by atoms with Crippen molar-refractivity contribution in [3.8, 4) is 23.0 Å². The van der Waals surface area contributed by atoms with Gasteiger partial charge in [0, 0.05) is 12.0 Å². The largest absolute Gasteiger partial charge is 0.497 e. The molecule has 0 saturated carbocycles. The Bertz CT molecular complexity index is 1600. The molecule has 1 aromatic heterocycles. The van der Waals surface area contributed by atoms with Crippen LogP contribution >= 0.6 is 11.3 Å². The zero-order valence-electron chi connectivity index (χ0n) is 22.3. The summed E-state index contributed by atoms with van der Waals surface area (Å²) >= 11 is 1.31. The summed E-state index contributed by atoms with van der Waals surface area (Å²) in [5, 5.41) is 0. The van der Waals surface area contributed by atoms with E-state index in [9.17, 15) is 9.59 Å². The third-order valence-corrected chi connectivity index (χ3v) is 7.89. The Hall–Kier alpha value is -3.85. The number of benzene rings is 2. The van der Waals surface area contributed by atoms with Gasteiger partial charge in [-0.2, -0.15) is 0 Å². The summed E-state index contributed by atoms with van der Waals surface area (Å²) in [4.78, 5) is 32.9. The van der Waals surface area contributed by atoms with Gasteiger partial charge in [0.15, 0.2) is 22.1 Å². The average Bonchev–Trinajstić information content (AvgIpc) is 3.20. The van der Waals surface area contributed by atoms with Crippen LogP contribution < -0.4 is 33.8 Å². The molecule has 1 aliphatic carbocycles. The number of fused-ring (bicyclic) bond motifs is 1. The standard InChI is InChI=1S/C29H30N2O6S/c1-29(2)14-19-24(20(32)15-29)25(17-12-21(35-4)26(37-6)22(13-17)36-5)31-27(33)23(38-28(31)30-19)11-16-7-9-18(34-3)10-8-16/h7-13,25H,14-15H2,1-6H3. The number of Topliss-reactive ketones (excluding diaryl/α,β-unsaturated/α-hetero) is 1. The van der Waals surface area contributed by atoms with Crippen molar-refractivity contribution < 1.29 is 23.7 Å². The van der Waals surface area contributed by atoms with Gasteiger partial charge >= 0.3 is 0 Å². The molecule has 0 radical (unpaired) electrons. The van der Waals surface area contributed by atoms with Gasteiger partial charge in [0.1, 0.15) is 5.75 Å². The van der Waals surface area contributed by atoms with Crippen LogP contribution in [0.1, 0.15) is 43.9 Å². The SMILES string of the molecule is COc1ccc(C=c2sc3n(c2=O)C(c2cc(OC)c(OC)c(OC)c2)C2=C(CC(C)(C)CC2=O)N=3)cc1. The molecule has 38 heavy (non-hydrogen) atoms. The highest BCUT2D eigenvalue weighted by molar-refractivity contribution is 7.07. The molecule has 2 aromatic carbocycles. The molecule has 9 heteroatoms. The number of carbonyl (C=O) groups is 1. The van der Waals surface area contributed by atoms with Crippen LogP contribution in [-0.2, 0) is 4.79 Å². The maximum atomic E-state index is 13.9. The molecular weight excluding hydrogens is 504 g/mol. The number of hydrogen-bond donors (Lipinski definition) is 0. The number of ketones is 1. The molecule has 198 valence electrons. The normalized spacial score (nSPS) is 18.4. The van der Waals surface area contributed by atoms with Gasteiger partial charge in [-0.05, 0) is 53.3 Å². The molecule has 8 nitrogen and oxygen atoms in total. The van der Waals surface area contributed by atoms with Gasteiger partial charge in [0.05, 0.1) is 44.7 Å². The minimum absolute atomic E-state index is 0.0109. The van der Waals surface area contributed by atoms with Crippen molar-refractivity contribution in [1.82, 2.24) is 4.57 Å². The Morgan fingerprint density at radius 1 is 0.947 bits per heavy atom. The summed E-state index contributed by atoms with van der Waals surface area (Å²) in [6.07, 6.45) is 2.85. The number of rotatable bonds is 6. The summed E-state index contributed by atoms with van der Waals surface area (Å²) in [5.74, 6) is 2.06. The smallest absolute Gasteiger partial charge is 0.271 e. The van der Waals surface area contributed by atoms with Gasteiger partial charge in [-0.3, -0.25) is 14.2 Å². The summed E-state index contributed by atoms with van der Waals surface area (Å²) in [6.45, 7) is 4.13. The van der Waals surface area contributed by atoms with Crippen molar-refractivity contribution in [1.29, 1.82) is 0 Å². The summed E-state index contributed by atoms with van der Waals surface area (Å²) in [5.41, 5.74) is 2.38. The second kappa shape index (κ2) is 9.79.